The minimum atomic E-state index is -4.38. The molecule has 3 N–H and O–H groups in total. The van der Waals surface area contributed by atoms with Gasteiger partial charge in [-0.25, -0.2) is 5.43 Å². The third-order valence-corrected chi connectivity index (χ3v) is 2.43. The Kier molecular flexibility index (Phi) is 3.93. The first-order valence-electron chi connectivity index (χ1n) is 4.99. The van der Waals surface area contributed by atoms with E-state index in [1.165, 1.54) is 12.1 Å². The monoisotopic (exact) mass is 232 g/mol. The van der Waals surface area contributed by atoms with E-state index in [1.54, 1.807) is 17.6 Å². The molecule has 0 saturated heterocycles. The number of alkyl halides is 3. The second-order valence-electron chi connectivity index (χ2n) is 3.96. The molecule has 5 heteroatoms. The second-order valence-corrected chi connectivity index (χ2v) is 3.96. The van der Waals surface area contributed by atoms with Crippen molar-refractivity contribution < 1.29 is 13.2 Å². The van der Waals surface area contributed by atoms with Crippen LogP contribution in [-0.4, -0.2) is 6.18 Å². The van der Waals surface area contributed by atoms with Gasteiger partial charge in [-0.3, -0.25) is 5.84 Å². The molecule has 0 amide bonds. The largest absolute Gasteiger partial charge is 0.409 e. The summed E-state index contributed by atoms with van der Waals surface area (Å²) in [6.45, 7) is 3.97. The Labute approximate surface area is 92.6 Å². The van der Waals surface area contributed by atoms with Crippen LogP contribution in [0, 0.1) is 0 Å². The van der Waals surface area contributed by atoms with Crippen LogP contribution >= 0.6 is 0 Å². The van der Waals surface area contributed by atoms with Crippen LogP contribution in [0.3, 0.4) is 0 Å². The predicted octanol–water partition coefficient (Wildman–Crippen LogP) is 2.88. The molecule has 0 aromatic heterocycles. The van der Waals surface area contributed by atoms with Crippen molar-refractivity contribution in [3.8, 4) is 0 Å². The average molecular weight is 232 g/mol. The zero-order chi connectivity index (χ0) is 12.3. The summed E-state index contributed by atoms with van der Waals surface area (Å²) in [6, 6.07) is 4.47. The second kappa shape index (κ2) is 4.84. The van der Waals surface area contributed by atoms with Gasteiger partial charge in [0, 0.05) is 0 Å². The van der Waals surface area contributed by atoms with E-state index in [0.717, 1.165) is 5.56 Å². The summed E-state index contributed by atoms with van der Waals surface area (Å²) in [7, 11) is 0. The van der Waals surface area contributed by atoms with Crippen molar-refractivity contribution >= 4 is 0 Å². The van der Waals surface area contributed by atoms with Crippen LogP contribution in [0.1, 0.15) is 36.9 Å². The molecule has 1 unspecified atom stereocenters. The van der Waals surface area contributed by atoms with Crippen molar-refractivity contribution in [3.05, 3.63) is 35.4 Å². The predicted molar refractivity (Wildman–Crippen MR) is 56.7 cm³/mol. The lowest BCUT2D eigenvalue weighted by Crippen LogP contribution is -2.38. The summed E-state index contributed by atoms with van der Waals surface area (Å²) < 4.78 is 37.6. The summed E-state index contributed by atoms with van der Waals surface area (Å²) in [6.07, 6.45) is -4.38. The molecule has 0 saturated carbocycles. The quantitative estimate of drug-likeness (QED) is 0.621. The van der Waals surface area contributed by atoms with Gasteiger partial charge in [-0.1, -0.05) is 38.1 Å². The molecule has 1 aromatic rings. The van der Waals surface area contributed by atoms with Gasteiger partial charge >= 0.3 is 6.18 Å². The van der Waals surface area contributed by atoms with Crippen LogP contribution in [0.2, 0.25) is 0 Å². The van der Waals surface area contributed by atoms with Gasteiger partial charge in [0.05, 0.1) is 0 Å². The number of rotatable bonds is 3. The van der Waals surface area contributed by atoms with E-state index in [0.29, 0.717) is 5.92 Å². The molecule has 1 atom stereocenters. The van der Waals surface area contributed by atoms with Gasteiger partial charge in [-0.2, -0.15) is 13.2 Å². The molecule has 1 rings (SSSR count). The summed E-state index contributed by atoms with van der Waals surface area (Å²) in [4.78, 5) is 0. The summed E-state index contributed by atoms with van der Waals surface area (Å²) in [5.41, 5.74) is 2.91. The number of hydrazine groups is 1. The number of hydrogen-bond donors (Lipinski definition) is 2. The van der Waals surface area contributed by atoms with Crippen LogP contribution in [-0.2, 0) is 0 Å². The molecule has 16 heavy (non-hydrogen) atoms. The average Bonchev–Trinajstić information content (AvgIpc) is 2.17. The zero-order valence-corrected chi connectivity index (χ0v) is 9.18. The van der Waals surface area contributed by atoms with E-state index < -0.39 is 12.2 Å². The van der Waals surface area contributed by atoms with Gasteiger partial charge < -0.3 is 0 Å². The molecule has 0 heterocycles. The van der Waals surface area contributed by atoms with Crippen molar-refractivity contribution in [2.24, 2.45) is 5.84 Å². The molecule has 1 aromatic carbocycles. The minimum absolute atomic E-state index is 0.124. The Bertz CT molecular complexity index is 330. The lowest BCUT2D eigenvalue weighted by atomic mass is 9.99. The molecule has 0 radical (unpaired) electrons. The first kappa shape index (κ1) is 13.0. The molecule has 0 fully saturated rings. The fourth-order valence-electron chi connectivity index (χ4n) is 1.45. The van der Waals surface area contributed by atoms with Gasteiger partial charge in [-0.05, 0) is 17.0 Å². The summed E-state index contributed by atoms with van der Waals surface area (Å²) >= 11 is 0. The van der Waals surface area contributed by atoms with E-state index >= 15 is 0 Å². The molecular formula is C11H15F3N2. The van der Waals surface area contributed by atoms with Gasteiger partial charge in [0.2, 0.25) is 0 Å². The molecule has 90 valence electrons. The van der Waals surface area contributed by atoms with Crippen molar-refractivity contribution in [2.45, 2.75) is 32.0 Å². The Morgan fingerprint density at radius 3 is 1.81 bits per heavy atom. The Morgan fingerprint density at radius 2 is 1.50 bits per heavy atom. The fourth-order valence-corrected chi connectivity index (χ4v) is 1.45. The highest BCUT2D eigenvalue weighted by Gasteiger charge is 2.39. The maximum Gasteiger partial charge on any atom is 0.409 e. The molecule has 0 aliphatic heterocycles. The highest BCUT2D eigenvalue weighted by molar-refractivity contribution is 5.27. The summed E-state index contributed by atoms with van der Waals surface area (Å²) in [5, 5.41) is 0. The molecule has 2 nitrogen and oxygen atoms in total. The molecule has 0 aliphatic rings. The van der Waals surface area contributed by atoms with Crippen LogP contribution in [0.4, 0.5) is 13.2 Å². The molecule has 0 aliphatic carbocycles. The number of nitrogens with one attached hydrogen (secondary N) is 1. The van der Waals surface area contributed by atoms with E-state index in [9.17, 15) is 13.2 Å². The van der Waals surface area contributed by atoms with E-state index in [-0.39, 0.29) is 5.56 Å². The summed E-state index contributed by atoms with van der Waals surface area (Å²) in [5.74, 6) is 5.21. The van der Waals surface area contributed by atoms with E-state index in [4.69, 9.17) is 5.84 Å². The number of hydrogen-bond acceptors (Lipinski definition) is 2. The fraction of sp³-hybridized carbons (Fsp3) is 0.455. The Balaban J connectivity index is 2.96. The van der Waals surface area contributed by atoms with Crippen molar-refractivity contribution in [3.63, 3.8) is 0 Å². The van der Waals surface area contributed by atoms with E-state index in [1.807, 2.05) is 13.8 Å². The first-order chi connectivity index (χ1) is 7.36. The number of halogens is 3. The van der Waals surface area contributed by atoms with Crippen molar-refractivity contribution in [1.29, 1.82) is 0 Å². The van der Waals surface area contributed by atoms with Crippen LogP contribution < -0.4 is 11.3 Å². The minimum Gasteiger partial charge on any atom is -0.271 e. The van der Waals surface area contributed by atoms with Crippen LogP contribution in [0.25, 0.3) is 0 Å². The molecular weight excluding hydrogens is 217 g/mol. The number of benzene rings is 1. The highest BCUT2D eigenvalue weighted by Crippen LogP contribution is 2.32. The Morgan fingerprint density at radius 1 is 1.06 bits per heavy atom. The van der Waals surface area contributed by atoms with Crippen LogP contribution in [0.15, 0.2) is 24.3 Å². The maximum absolute atomic E-state index is 12.5. The van der Waals surface area contributed by atoms with E-state index in [2.05, 4.69) is 0 Å². The lowest BCUT2D eigenvalue weighted by Gasteiger charge is -2.20. The highest BCUT2D eigenvalue weighted by atomic mass is 19.4. The number of nitrogens with two attached hydrogens (primary N) is 1. The third kappa shape index (κ3) is 2.96. The lowest BCUT2D eigenvalue weighted by molar-refractivity contribution is -0.157. The molecule has 0 bridgehead atoms. The first-order valence-corrected chi connectivity index (χ1v) is 4.99. The normalized spacial score (nSPS) is 14.2. The SMILES string of the molecule is CC(C)c1ccc(C(NN)C(F)(F)F)cc1. The van der Waals surface area contributed by atoms with Gasteiger partial charge in [0.25, 0.3) is 0 Å². The zero-order valence-electron chi connectivity index (χ0n) is 9.18. The maximum atomic E-state index is 12.5. The smallest absolute Gasteiger partial charge is 0.271 e. The van der Waals surface area contributed by atoms with Gasteiger partial charge in [0.1, 0.15) is 6.04 Å². The third-order valence-electron chi connectivity index (χ3n) is 2.43. The van der Waals surface area contributed by atoms with Crippen molar-refractivity contribution in [1.82, 2.24) is 5.43 Å². The topological polar surface area (TPSA) is 38.0 Å². The van der Waals surface area contributed by atoms with Crippen molar-refractivity contribution in [2.75, 3.05) is 0 Å². The van der Waals surface area contributed by atoms with Crippen LogP contribution in [0.5, 0.6) is 0 Å². The van der Waals surface area contributed by atoms with Gasteiger partial charge in [-0.15, -0.1) is 0 Å². The Hall–Kier alpha value is -1.07. The molecule has 0 spiro atoms. The standard InChI is InChI=1S/C11H15F3N2/c1-7(2)8-3-5-9(6-4-8)10(16-15)11(12,13)14/h3-7,10,16H,15H2,1-2H3. The van der Waals surface area contributed by atoms with Gasteiger partial charge in [0.15, 0.2) is 0 Å².